The number of nitrogens with one attached hydrogen (secondary N) is 1. The maximum atomic E-state index is 12.0. The Bertz CT molecular complexity index is 715. The van der Waals surface area contributed by atoms with Gasteiger partial charge in [0.1, 0.15) is 0 Å². The van der Waals surface area contributed by atoms with Crippen molar-refractivity contribution in [3.8, 4) is 0 Å². The van der Waals surface area contributed by atoms with Gasteiger partial charge in [-0.1, -0.05) is 24.3 Å². The first kappa shape index (κ1) is 13.3. The molecule has 20 heavy (non-hydrogen) atoms. The molecule has 0 aliphatic rings. The fraction of sp³-hybridized carbons (Fsp3) is 0.188. The van der Waals surface area contributed by atoms with Crippen LogP contribution in [-0.4, -0.2) is 11.9 Å². The number of carbonyl (C=O) groups excluding carboxylic acids is 1. The Morgan fingerprint density at radius 3 is 2.85 bits per heavy atom. The summed E-state index contributed by atoms with van der Waals surface area (Å²) in [4.78, 5) is 12.8. The van der Waals surface area contributed by atoms with Gasteiger partial charge in [-0.15, -0.1) is 22.7 Å². The number of carbonyl (C=O) groups is 1. The molecule has 0 aliphatic heterocycles. The molecule has 1 atom stereocenters. The summed E-state index contributed by atoms with van der Waals surface area (Å²) in [5.74, 6) is 0.0204. The summed E-state index contributed by atoms with van der Waals surface area (Å²) in [6, 6.07) is 12.3. The van der Waals surface area contributed by atoms with Crippen molar-refractivity contribution in [3.63, 3.8) is 0 Å². The van der Waals surface area contributed by atoms with E-state index in [1.165, 1.54) is 27.0 Å². The summed E-state index contributed by atoms with van der Waals surface area (Å²) in [5, 5.41) is 8.48. The second kappa shape index (κ2) is 5.77. The maximum absolute atomic E-state index is 12.0. The molecule has 3 rings (SSSR count). The third-order valence-electron chi connectivity index (χ3n) is 3.21. The minimum Gasteiger partial charge on any atom is -0.349 e. The molecule has 102 valence electrons. The van der Waals surface area contributed by atoms with E-state index in [0.717, 1.165) is 11.3 Å². The van der Waals surface area contributed by atoms with E-state index in [9.17, 15) is 4.79 Å². The fourth-order valence-electron chi connectivity index (χ4n) is 2.27. The summed E-state index contributed by atoms with van der Waals surface area (Å²) >= 11 is 3.24. The monoisotopic (exact) mass is 301 g/mol. The predicted octanol–water partition coefficient (Wildman–Crippen LogP) is 4.32. The van der Waals surface area contributed by atoms with Crippen molar-refractivity contribution >= 4 is 38.7 Å². The molecule has 1 aromatic carbocycles. The van der Waals surface area contributed by atoms with Gasteiger partial charge in [0.25, 0.3) is 5.91 Å². The standard InChI is InChI=1S/C16H15NOS2/c1-11(17-16(18)15-7-4-8-19-15)9-12-10-20-14-6-3-2-5-13(12)14/h2-8,10-11H,9H2,1H3,(H,17,18)/t11-/m1/s1. The lowest BCUT2D eigenvalue weighted by atomic mass is 10.1. The van der Waals surface area contributed by atoms with E-state index >= 15 is 0 Å². The lowest BCUT2D eigenvalue weighted by Crippen LogP contribution is -2.33. The van der Waals surface area contributed by atoms with Gasteiger partial charge in [0.15, 0.2) is 0 Å². The lowest BCUT2D eigenvalue weighted by molar-refractivity contribution is 0.0944. The highest BCUT2D eigenvalue weighted by molar-refractivity contribution is 7.17. The molecular formula is C16H15NOS2. The first-order valence-corrected chi connectivity index (χ1v) is 8.29. The van der Waals surface area contributed by atoms with Crippen LogP contribution in [-0.2, 0) is 6.42 Å². The van der Waals surface area contributed by atoms with Crippen LogP contribution in [0, 0.1) is 0 Å². The van der Waals surface area contributed by atoms with Crippen LogP contribution < -0.4 is 5.32 Å². The summed E-state index contributed by atoms with van der Waals surface area (Å²) < 4.78 is 1.30. The van der Waals surface area contributed by atoms with Crippen molar-refractivity contribution < 1.29 is 4.79 Å². The van der Waals surface area contributed by atoms with E-state index in [-0.39, 0.29) is 11.9 Å². The lowest BCUT2D eigenvalue weighted by Gasteiger charge is -2.12. The van der Waals surface area contributed by atoms with Crippen LogP contribution in [0.2, 0.25) is 0 Å². The smallest absolute Gasteiger partial charge is 0.261 e. The van der Waals surface area contributed by atoms with Gasteiger partial charge in [-0.2, -0.15) is 0 Å². The van der Waals surface area contributed by atoms with Gasteiger partial charge in [-0.05, 0) is 47.2 Å². The number of fused-ring (bicyclic) bond motifs is 1. The highest BCUT2D eigenvalue weighted by atomic mass is 32.1. The van der Waals surface area contributed by atoms with E-state index in [1.807, 2.05) is 17.5 Å². The van der Waals surface area contributed by atoms with Gasteiger partial charge in [-0.3, -0.25) is 4.79 Å². The summed E-state index contributed by atoms with van der Waals surface area (Å²) in [5.41, 5.74) is 1.31. The van der Waals surface area contributed by atoms with Crippen molar-refractivity contribution in [2.24, 2.45) is 0 Å². The molecule has 0 bridgehead atoms. The van der Waals surface area contributed by atoms with Crippen molar-refractivity contribution in [3.05, 3.63) is 57.6 Å². The van der Waals surface area contributed by atoms with Crippen LogP contribution in [0.1, 0.15) is 22.2 Å². The molecule has 4 heteroatoms. The quantitative estimate of drug-likeness (QED) is 0.764. The van der Waals surface area contributed by atoms with Crippen LogP contribution in [0.15, 0.2) is 47.2 Å². The maximum Gasteiger partial charge on any atom is 0.261 e. The van der Waals surface area contributed by atoms with Gasteiger partial charge in [0.2, 0.25) is 0 Å². The molecule has 0 spiro atoms. The Hall–Kier alpha value is -1.65. The van der Waals surface area contributed by atoms with Crippen LogP contribution in [0.4, 0.5) is 0 Å². The average Bonchev–Trinajstić information content (AvgIpc) is 3.09. The van der Waals surface area contributed by atoms with Crippen LogP contribution >= 0.6 is 22.7 Å². The number of hydrogen-bond acceptors (Lipinski definition) is 3. The van der Waals surface area contributed by atoms with E-state index in [4.69, 9.17) is 0 Å². The van der Waals surface area contributed by atoms with E-state index in [1.54, 1.807) is 11.3 Å². The van der Waals surface area contributed by atoms with Crippen molar-refractivity contribution in [2.45, 2.75) is 19.4 Å². The van der Waals surface area contributed by atoms with Crippen molar-refractivity contribution in [2.75, 3.05) is 0 Å². The normalized spacial score (nSPS) is 12.4. The zero-order valence-electron chi connectivity index (χ0n) is 11.1. The van der Waals surface area contributed by atoms with Gasteiger partial charge >= 0.3 is 0 Å². The first-order chi connectivity index (χ1) is 9.74. The van der Waals surface area contributed by atoms with Crippen LogP contribution in [0.25, 0.3) is 10.1 Å². The molecule has 0 saturated heterocycles. The van der Waals surface area contributed by atoms with E-state index in [0.29, 0.717) is 0 Å². The Balaban J connectivity index is 1.70. The third kappa shape index (κ3) is 2.76. The van der Waals surface area contributed by atoms with Gasteiger partial charge in [0.05, 0.1) is 4.88 Å². The first-order valence-electron chi connectivity index (χ1n) is 6.53. The predicted molar refractivity (Wildman–Crippen MR) is 86.8 cm³/mol. The Morgan fingerprint density at radius 1 is 1.20 bits per heavy atom. The molecule has 0 aliphatic carbocycles. The van der Waals surface area contributed by atoms with Gasteiger partial charge < -0.3 is 5.32 Å². The number of amides is 1. The molecule has 2 nitrogen and oxygen atoms in total. The molecular weight excluding hydrogens is 286 g/mol. The molecule has 0 radical (unpaired) electrons. The Morgan fingerprint density at radius 2 is 2.05 bits per heavy atom. The largest absolute Gasteiger partial charge is 0.349 e. The molecule has 0 fully saturated rings. The molecule has 0 unspecified atom stereocenters. The van der Waals surface area contributed by atoms with Crippen molar-refractivity contribution in [1.82, 2.24) is 5.32 Å². The molecule has 1 N–H and O–H groups in total. The molecule has 1 amide bonds. The molecule has 3 aromatic rings. The average molecular weight is 301 g/mol. The van der Waals surface area contributed by atoms with E-state index in [2.05, 4.69) is 41.9 Å². The van der Waals surface area contributed by atoms with Crippen LogP contribution in [0.5, 0.6) is 0 Å². The number of hydrogen-bond donors (Lipinski definition) is 1. The Labute approximate surface area is 126 Å². The topological polar surface area (TPSA) is 29.1 Å². The summed E-state index contributed by atoms with van der Waals surface area (Å²) in [6.07, 6.45) is 0.862. The highest BCUT2D eigenvalue weighted by Crippen LogP contribution is 2.26. The number of rotatable bonds is 4. The second-order valence-corrected chi connectivity index (χ2v) is 6.67. The molecule has 2 heterocycles. The SMILES string of the molecule is C[C@H](Cc1csc2ccccc12)NC(=O)c1cccs1. The van der Waals surface area contributed by atoms with Crippen molar-refractivity contribution in [1.29, 1.82) is 0 Å². The third-order valence-corrected chi connectivity index (χ3v) is 5.09. The van der Waals surface area contributed by atoms with Gasteiger partial charge in [-0.25, -0.2) is 0 Å². The van der Waals surface area contributed by atoms with Crippen LogP contribution in [0.3, 0.4) is 0 Å². The minimum atomic E-state index is 0.0204. The number of benzene rings is 1. The Kier molecular flexibility index (Phi) is 3.85. The summed E-state index contributed by atoms with van der Waals surface area (Å²) in [7, 11) is 0. The molecule has 0 saturated carbocycles. The second-order valence-electron chi connectivity index (χ2n) is 4.81. The number of thiophene rings is 2. The van der Waals surface area contributed by atoms with Gasteiger partial charge in [0, 0.05) is 10.7 Å². The fourth-order valence-corrected chi connectivity index (χ4v) is 3.88. The zero-order chi connectivity index (χ0) is 13.9. The minimum absolute atomic E-state index is 0.0204. The summed E-state index contributed by atoms with van der Waals surface area (Å²) in [6.45, 7) is 2.05. The highest BCUT2D eigenvalue weighted by Gasteiger charge is 2.12. The zero-order valence-corrected chi connectivity index (χ0v) is 12.8. The molecule has 2 aromatic heterocycles. The van der Waals surface area contributed by atoms with E-state index < -0.39 is 0 Å².